The highest BCUT2D eigenvalue weighted by Crippen LogP contribution is 2.39. The van der Waals surface area contributed by atoms with Crippen LogP contribution in [-0.4, -0.2) is 47.9 Å². The first kappa shape index (κ1) is 22.3. The van der Waals surface area contributed by atoms with Crippen molar-refractivity contribution in [1.29, 1.82) is 0 Å². The summed E-state index contributed by atoms with van der Waals surface area (Å²) in [5.41, 5.74) is 0.648. The van der Waals surface area contributed by atoms with Crippen LogP contribution in [0.2, 0.25) is 0 Å². The maximum absolute atomic E-state index is 12.5. The van der Waals surface area contributed by atoms with Gasteiger partial charge in [0.1, 0.15) is 6.54 Å². The number of rotatable bonds is 7. The van der Waals surface area contributed by atoms with Crippen molar-refractivity contribution in [2.75, 3.05) is 13.7 Å². The molecule has 1 aromatic rings. The summed E-state index contributed by atoms with van der Waals surface area (Å²) in [7, 11) is 1.52. The van der Waals surface area contributed by atoms with Crippen molar-refractivity contribution in [2.24, 2.45) is 0 Å². The Hall–Kier alpha value is -2.00. The van der Waals surface area contributed by atoms with E-state index in [0.29, 0.717) is 21.5 Å². The average molecular weight is 472 g/mol. The van der Waals surface area contributed by atoms with Crippen molar-refractivity contribution in [1.82, 2.24) is 4.90 Å². The van der Waals surface area contributed by atoms with Gasteiger partial charge in [-0.25, -0.2) is 0 Å². The topological polar surface area (TPSA) is 82.1 Å². The lowest BCUT2D eigenvalue weighted by atomic mass is 10.1. The molecule has 0 unspecified atom stereocenters. The van der Waals surface area contributed by atoms with Gasteiger partial charge in [0, 0.05) is 0 Å². The van der Waals surface area contributed by atoms with Crippen LogP contribution in [-0.2, 0) is 14.3 Å². The maximum Gasteiger partial charge on any atom is 0.326 e. The van der Waals surface area contributed by atoms with Crippen molar-refractivity contribution in [3.8, 4) is 11.5 Å². The summed E-state index contributed by atoms with van der Waals surface area (Å²) in [6.07, 6.45) is 1.21. The Morgan fingerprint density at radius 1 is 1.21 bits per heavy atom. The van der Waals surface area contributed by atoms with Crippen LogP contribution in [0.25, 0.3) is 6.08 Å². The van der Waals surface area contributed by atoms with E-state index in [1.54, 1.807) is 32.1 Å². The van der Waals surface area contributed by atoms with Gasteiger partial charge in [-0.3, -0.25) is 19.3 Å². The van der Waals surface area contributed by atoms with Crippen LogP contribution in [0.4, 0.5) is 4.79 Å². The Labute approximate surface area is 176 Å². The number of hydrogen-bond acceptors (Lipinski definition) is 7. The molecule has 0 aliphatic carbocycles. The van der Waals surface area contributed by atoms with Crippen LogP contribution < -0.4 is 9.47 Å². The molecule has 1 aliphatic heterocycles. The van der Waals surface area contributed by atoms with E-state index in [4.69, 9.17) is 14.2 Å². The predicted octanol–water partition coefficient (Wildman–Crippen LogP) is 4.23. The van der Waals surface area contributed by atoms with Crippen molar-refractivity contribution >= 4 is 50.9 Å². The fourth-order valence-electron chi connectivity index (χ4n) is 2.39. The minimum absolute atomic E-state index is 0.0434. The highest BCUT2D eigenvalue weighted by molar-refractivity contribution is 9.10. The minimum atomic E-state index is -0.627. The second-order valence-electron chi connectivity index (χ2n) is 6.51. The van der Waals surface area contributed by atoms with Gasteiger partial charge >= 0.3 is 5.97 Å². The van der Waals surface area contributed by atoms with Gasteiger partial charge in [0.15, 0.2) is 11.5 Å². The molecule has 0 saturated carbocycles. The third-order valence-corrected chi connectivity index (χ3v) is 4.93. The highest BCUT2D eigenvalue weighted by atomic mass is 79.9. The lowest BCUT2D eigenvalue weighted by molar-refractivity contribution is -0.149. The largest absolute Gasteiger partial charge is 0.493 e. The number of esters is 1. The first-order valence-electron chi connectivity index (χ1n) is 8.61. The van der Waals surface area contributed by atoms with E-state index in [9.17, 15) is 14.4 Å². The molecule has 2 rings (SSSR count). The number of benzene rings is 1. The molecule has 1 fully saturated rings. The molecule has 1 aliphatic rings. The monoisotopic (exact) mass is 471 g/mol. The SMILES string of the molecule is COc1cc(/C=C2/SC(=O)N(CC(=O)OC(C)C)C2=O)cc(Br)c1OC(C)C. The van der Waals surface area contributed by atoms with Crippen LogP contribution in [0.15, 0.2) is 21.5 Å². The van der Waals surface area contributed by atoms with E-state index in [1.807, 2.05) is 13.8 Å². The van der Waals surface area contributed by atoms with Gasteiger partial charge in [0.25, 0.3) is 11.1 Å². The molecule has 0 spiro atoms. The lowest BCUT2D eigenvalue weighted by Gasteiger charge is -2.16. The first-order chi connectivity index (χ1) is 13.1. The molecule has 152 valence electrons. The zero-order valence-corrected chi connectivity index (χ0v) is 18.7. The summed E-state index contributed by atoms with van der Waals surface area (Å²) in [6, 6.07) is 3.48. The number of nitrogens with zero attached hydrogens (tertiary/aromatic N) is 1. The van der Waals surface area contributed by atoms with Gasteiger partial charge in [-0.05, 0) is 79.2 Å². The molecule has 7 nitrogen and oxygen atoms in total. The van der Waals surface area contributed by atoms with Gasteiger partial charge in [-0.2, -0.15) is 0 Å². The van der Waals surface area contributed by atoms with Crippen molar-refractivity contribution in [2.45, 2.75) is 39.9 Å². The third kappa shape index (κ3) is 5.51. The van der Waals surface area contributed by atoms with Crippen LogP contribution in [0.5, 0.6) is 11.5 Å². The Morgan fingerprint density at radius 3 is 2.46 bits per heavy atom. The number of methoxy groups -OCH3 is 1. The minimum Gasteiger partial charge on any atom is -0.493 e. The fourth-order valence-corrected chi connectivity index (χ4v) is 3.78. The van der Waals surface area contributed by atoms with Crippen LogP contribution in [0.3, 0.4) is 0 Å². The number of thioether (sulfide) groups is 1. The molecular formula is C19H22BrNO6S. The average Bonchev–Trinajstić information content (AvgIpc) is 2.83. The second-order valence-corrected chi connectivity index (χ2v) is 8.35. The molecule has 2 amide bonds. The van der Waals surface area contributed by atoms with Crippen LogP contribution in [0, 0.1) is 0 Å². The Balaban J connectivity index is 2.26. The Morgan fingerprint density at radius 2 is 1.89 bits per heavy atom. The van der Waals surface area contributed by atoms with E-state index < -0.39 is 23.7 Å². The lowest BCUT2D eigenvalue weighted by Crippen LogP contribution is -2.35. The number of hydrogen-bond donors (Lipinski definition) is 0. The molecule has 0 aromatic heterocycles. The highest BCUT2D eigenvalue weighted by Gasteiger charge is 2.36. The standard InChI is InChI=1S/C19H22BrNO6S/c1-10(2)26-16(22)9-21-18(23)15(28-19(21)24)8-12-6-13(20)17(27-11(3)4)14(7-12)25-5/h6-8,10-11H,9H2,1-5H3/b15-8+. The van der Waals surface area contributed by atoms with Gasteiger partial charge < -0.3 is 14.2 Å². The molecule has 1 heterocycles. The molecule has 0 radical (unpaired) electrons. The normalized spacial score (nSPS) is 15.7. The third-order valence-electron chi connectivity index (χ3n) is 3.43. The first-order valence-corrected chi connectivity index (χ1v) is 10.2. The summed E-state index contributed by atoms with van der Waals surface area (Å²) in [4.78, 5) is 37.6. The number of carbonyl (C=O) groups is 3. The molecule has 28 heavy (non-hydrogen) atoms. The van der Waals surface area contributed by atoms with E-state index in [-0.39, 0.29) is 17.1 Å². The molecule has 1 aromatic carbocycles. The number of carbonyl (C=O) groups excluding carboxylic acids is 3. The molecule has 0 atom stereocenters. The fraction of sp³-hybridized carbons (Fsp3) is 0.421. The maximum atomic E-state index is 12.5. The molecule has 9 heteroatoms. The summed E-state index contributed by atoms with van der Waals surface area (Å²) in [5.74, 6) is -0.111. The predicted molar refractivity (Wildman–Crippen MR) is 110 cm³/mol. The summed E-state index contributed by atoms with van der Waals surface area (Å²) in [5, 5.41) is -0.511. The summed E-state index contributed by atoms with van der Waals surface area (Å²) in [6.45, 7) is 6.79. The molecule has 1 saturated heterocycles. The van der Waals surface area contributed by atoms with Gasteiger partial charge in [0.2, 0.25) is 0 Å². The van der Waals surface area contributed by atoms with Crippen molar-refractivity contribution in [3.05, 3.63) is 27.1 Å². The van der Waals surface area contributed by atoms with Crippen molar-refractivity contribution < 1.29 is 28.6 Å². The molecule has 0 bridgehead atoms. The van der Waals surface area contributed by atoms with Crippen molar-refractivity contribution in [3.63, 3.8) is 0 Å². The van der Waals surface area contributed by atoms with E-state index >= 15 is 0 Å². The van der Waals surface area contributed by atoms with Crippen LogP contribution in [0.1, 0.15) is 33.3 Å². The number of amides is 2. The smallest absolute Gasteiger partial charge is 0.326 e. The zero-order valence-electron chi connectivity index (χ0n) is 16.3. The summed E-state index contributed by atoms with van der Waals surface area (Å²) >= 11 is 4.22. The quantitative estimate of drug-likeness (QED) is 0.434. The second kappa shape index (κ2) is 9.47. The number of imide groups is 1. The van der Waals surface area contributed by atoms with E-state index in [1.165, 1.54) is 7.11 Å². The van der Waals surface area contributed by atoms with E-state index in [2.05, 4.69) is 15.9 Å². The zero-order chi connectivity index (χ0) is 21.0. The number of ether oxygens (including phenoxy) is 3. The van der Waals surface area contributed by atoms with Gasteiger partial charge in [0.05, 0.1) is 28.7 Å². The summed E-state index contributed by atoms with van der Waals surface area (Å²) < 4.78 is 16.8. The van der Waals surface area contributed by atoms with Gasteiger partial charge in [-0.1, -0.05) is 0 Å². The molecular weight excluding hydrogens is 450 g/mol. The number of halogens is 1. The van der Waals surface area contributed by atoms with Crippen LogP contribution >= 0.6 is 27.7 Å². The Bertz CT molecular complexity index is 821. The molecule has 0 N–H and O–H groups in total. The van der Waals surface area contributed by atoms with Gasteiger partial charge in [-0.15, -0.1) is 0 Å². The van der Waals surface area contributed by atoms with E-state index in [0.717, 1.165) is 16.7 Å². The Kier molecular flexibility index (Phi) is 7.54.